The summed E-state index contributed by atoms with van der Waals surface area (Å²) in [5.41, 5.74) is 1.11. The lowest BCUT2D eigenvalue weighted by Gasteiger charge is -2.25. The van der Waals surface area contributed by atoms with Crippen LogP contribution in [0.15, 0.2) is 48.0 Å². The van der Waals surface area contributed by atoms with E-state index in [2.05, 4.69) is 0 Å². The first-order valence-electron chi connectivity index (χ1n) is 10.4. The molecule has 0 bridgehead atoms. The molecule has 0 aromatic heterocycles. The van der Waals surface area contributed by atoms with E-state index in [1.165, 1.54) is 4.90 Å². The molecule has 168 valence electrons. The molecule has 2 aromatic carbocycles. The first-order chi connectivity index (χ1) is 15.5. The summed E-state index contributed by atoms with van der Waals surface area (Å²) in [6.07, 6.45) is 0.556. The van der Waals surface area contributed by atoms with E-state index in [1.54, 1.807) is 56.7 Å². The standard InChI is InChI=1S/C24H25NO7/c1-29-11-3-10-25-21(15-4-7-17(30-2)8-5-15)20(23(27)24(25)28)22(26)16-6-9-18-19(14-16)32-13-12-31-18/h4-9,14,21,26H,3,10-13H2,1-2H3/t21-/m1/s1. The fraction of sp³-hybridized carbons (Fsp3) is 0.333. The topological polar surface area (TPSA) is 94.5 Å². The maximum atomic E-state index is 13.0. The number of aliphatic hydroxyl groups is 1. The van der Waals surface area contributed by atoms with Gasteiger partial charge in [-0.05, 0) is 42.3 Å². The van der Waals surface area contributed by atoms with Crippen LogP contribution in [0.5, 0.6) is 17.2 Å². The lowest BCUT2D eigenvalue weighted by Crippen LogP contribution is -2.31. The minimum atomic E-state index is -0.731. The molecule has 0 aliphatic carbocycles. The third-order valence-corrected chi connectivity index (χ3v) is 5.53. The van der Waals surface area contributed by atoms with Crippen LogP contribution < -0.4 is 14.2 Å². The lowest BCUT2D eigenvalue weighted by atomic mass is 9.95. The number of rotatable bonds is 7. The largest absolute Gasteiger partial charge is 0.507 e. The fourth-order valence-corrected chi connectivity index (χ4v) is 3.97. The van der Waals surface area contributed by atoms with Crippen molar-refractivity contribution in [1.82, 2.24) is 4.90 Å². The van der Waals surface area contributed by atoms with Crippen molar-refractivity contribution in [3.05, 3.63) is 59.2 Å². The number of benzene rings is 2. The Labute approximate surface area is 185 Å². The second kappa shape index (κ2) is 9.32. The highest BCUT2D eigenvalue weighted by atomic mass is 16.6. The molecule has 0 radical (unpaired) electrons. The number of hydrogen-bond donors (Lipinski definition) is 1. The molecule has 1 saturated heterocycles. The van der Waals surface area contributed by atoms with E-state index < -0.39 is 17.7 Å². The quantitative estimate of drug-likeness (QED) is 0.307. The number of ketones is 1. The summed E-state index contributed by atoms with van der Waals surface area (Å²) in [6.45, 7) is 1.60. The minimum absolute atomic E-state index is 0.0364. The van der Waals surface area contributed by atoms with Crippen LogP contribution in [0.2, 0.25) is 0 Å². The van der Waals surface area contributed by atoms with Gasteiger partial charge in [0.2, 0.25) is 0 Å². The monoisotopic (exact) mass is 439 g/mol. The molecule has 0 unspecified atom stereocenters. The molecule has 4 rings (SSSR count). The number of fused-ring (bicyclic) bond motifs is 1. The number of amides is 1. The predicted molar refractivity (Wildman–Crippen MR) is 116 cm³/mol. The van der Waals surface area contributed by atoms with Crippen LogP contribution >= 0.6 is 0 Å². The second-order valence-corrected chi connectivity index (χ2v) is 7.47. The summed E-state index contributed by atoms with van der Waals surface area (Å²) in [6, 6.07) is 11.3. The third-order valence-electron chi connectivity index (χ3n) is 5.53. The molecule has 8 heteroatoms. The fourth-order valence-electron chi connectivity index (χ4n) is 3.97. The SMILES string of the molecule is COCCCN1C(=O)C(=O)C(=C(O)c2ccc3c(c2)OCCO3)[C@H]1c1ccc(OC)cc1. The van der Waals surface area contributed by atoms with Crippen LogP contribution in [0, 0.1) is 0 Å². The van der Waals surface area contributed by atoms with Crippen LogP contribution in [-0.4, -0.2) is 62.3 Å². The zero-order valence-electron chi connectivity index (χ0n) is 18.0. The van der Waals surface area contributed by atoms with Gasteiger partial charge in [0.1, 0.15) is 24.7 Å². The number of nitrogens with zero attached hydrogens (tertiary/aromatic N) is 1. The highest BCUT2D eigenvalue weighted by Crippen LogP contribution is 2.41. The van der Waals surface area contributed by atoms with Crippen molar-refractivity contribution >= 4 is 17.4 Å². The number of hydrogen-bond acceptors (Lipinski definition) is 7. The van der Waals surface area contributed by atoms with Crippen molar-refractivity contribution in [2.75, 3.05) is 40.6 Å². The van der Waals surface area contributed by atoms with Crippen LogP contribution in [0.3, 0.4) is 0 Å². The van der Waals surface area contributed by atoms with Crippen molar-refractivity contribution in [3.63, 3.8) is 0 Å². The summed E-state index contributed by atoms with van der Waals surface area (Å²) in [7, 11) is 3.14. The number of likely N-dealkylation sites (tertiary alicyclic amines) is 1. The van der Waals surface area contributed by atoms with Crippen molar-refractivity contribution in [3.8, 4) is 17.2 Å². The average Bonchev–Trinajstić information content (AvgIpc) is 3.08. The molecular weight excluding hydrogens is 414 g/mol. The molecule has 1 fully saturated rings. The molecule has 1 N–H and O–H groups in total. The van der Waals surface area contributed by atoms with Crippen LogP contribution in [0.1, 0.15) is 23.6 Å². The van der Waals surface area contributed by atoms with E-state index in [9.17, 15) is 14.7 Å². The molecule has 1 atom stereocenters. The smallest absolute Gasteiger partial charge is 0.295 e. The van der Waals surface area contributed by atoms with Gasteiger partial charge in [-0.25, -0.2) is 0 Å². The van der Waals surface area contributed by atoms with Gasteiger partial charge in [-0.15, -0.1) is 0 Å². The van der Waals surface area contributed by atoms with Gasteiger partial charge in [-0.1, -0.05) is 12.1 Å². The zero-order valence-corrected chi connectivity index (χ0v) is 18.0. The first kappa shape index (κ1) is 21.7. The molecule has 1 amide bonds. The van der Waals surface area contributed by atoms with Crippen LogP contribution in [-0.2, 0) is 14.3 Å². The molecular formula is C24H25NO7. The van der Waals surface area contributed by atoms with Crippen LogP contribution in [0.4, 0.5) is 0 Å². The zero-order chi connectivity index (χ0) is 22.7. The summed E-state index contributed by atoms with van der Waals surface area (Å²) in [4.78, 5) is 27.4. The third kappa shape index (κ3) is 4.01. The lowest BCUT2D eigenvalue weighted by molar-refractivity contribution is -0.140. The number of carbonyl (C=O) groups is 2. The summed E-state index contributed by atoms with van der Waals surface area (Å²) in [5, 5.41) is 11.2. The highest BCUT2D eigenvalue weighted by Gasteiger charge is 2.45. The van der Waals surface area contributed by atoms with Gasteiger partial charge >= 0.3 is 0 Å². The molecule has 32 heavy (non-hydrogen) atoms. The Balaban J connectivity index is 1.79. The molecule has 2 aliphatic heterocycles. The number of aliphatic hydroxyl groups excluding tert-OH is 1. The van der Waals surface area contributed by atoms with Gasteiger partial charge in [0, 0.05) is 25.8 Å². The van der Waals surface area contributed by atoms with E-state index in [0.717, 1.165) is 0 Å². The molecule has 2 heterocycles. The number of Topliss-reactive ketones (excluding diaryl/α,β-unsaturated/α-hetero) is 1. The van der Waals surface area contributed by atoms with Crippen molar-refractivity contribution in [1.29, 1.82) is 0 Å². The Morgan fingerprint density at radius 1 is 1.06 bits per heavy atom. The van der Waals surface area contributed by atoms with Gasteiger partial charge in [0.05, 0.1) is 18.7 Å². The Kier molecular flexibility index (Phi) is 6.32. The number of methoxy groups -OCH3 is 2. The van der Waals surface area contributed by atoms with Gasteiger partial charge in [-0.3, -0.25) is 9.59 Å². The maximum Gasteiger partial charge on any atom is 0.295 e. The number of carbonyl (C=O) groups excluding carboxylic acids is 2. The minimum Gasteiger partial charge on any atom is -0.507 e. The summed E-state index contributed by atoms with van der Waals surface area (Å²) in [5.74, 6) is 0.0686. The van der Waals surface area contributed by atoms with Crippen molar-refractivity contribution in [2.45, 2.75) is 12.5 Å². The van der Waals surface area contributed by atoms with E-state index in [-0.39, 0.29) is 11.3 Å². The molecule has 2 aromatic rings. The van der Waals surface area contributed by atoms with Crippen molar-refractivity contribution < 1.29 is 33.6 Å². The van der Waals surface area contributed by atoms with Gasteiger partial charge in [0.25, 0.3) is 11.7 Å². The average molecular weight is 439 g/mol. The summed E-state index contributed by atoms with van der Waals surface area (Å²) < 4.78 is 21.5. The van der Waals surface area contributed by atoms with E-state index in [4.69, 9.17) is 18.9 Å². The van der Waals surface area contributed by atoms with Gasteiger partial charge < -0.3 is 29.0 Å². The Morgan fingerprint density at radius 2 is 1.78 bits per heavy atom. The Hall–Kier alpha value is -3.52. The molecule has 0 saturated carbocycles. The molecule has 0 spiro atoms. The normalized spacial score (nSPS) is 19.3. The number of ether oxygens (including phenoxy) is 4. The summed E-state index contributed by atoms with van der Waals surface area (Å²) >= 11 is 0. The van der Waals surface area contributed by atoms with Gasteiger partial charge in [-0.2, -0.15) is 0 Å². The molecule has 2 aliphatic rings. The van der Waals surface area contributed by atoms with Crippen molar-refractivity contribution in [2.24, 2.45) is 0 Å². The highest BCUT2D eigenvalue weighted by molar-refractivity contribution is 6.46. The van der Waals surface area contributed by atoms with E-state index in [1.807, 2.05) is 0 Å². The predicted octanol–water partition coefficient (Wildman–Crippen LogP) is 2.92. The first-order valence-corrected chi connectivity index (χ1v) is 10.4. The Bertz CT molecular complexity index is 1040. The maximum absolute atomic E-state index is 13.0. The Morgan fingerprint density at radius 3 is 2.47 bits per heavy atom. The van der Waals surface area contributed by atoms with Crippen LogP contribution in [0.25, 0.3) is 5.76 Å². The second-order valence-electron chi connectivity index (χ2n) is 7.47. The van der Waals surface area contributed by atoms with E-state index in [0.29, 0.717) is 61.2 Å². The van der Waals surface area contributed by atoms with Gasteiger partial charge in [0.15, 0.2) is 11.5 Å². The van der Waals surface area contributed by atoms with E-state index >= 15 is 0 Å². The molecule has 8 nitrogen and oxygen atoms in total.